The van der Waals surface area contributed by atoms with Crippen molar-refractivity contribution in [2.24, 2.45) is 17.3 Å². The molecule has 2 bridgehead atoms. The summed E-state index contributed by atoms with van der Waals surface area (Å²) >= 11 is 0. The first-order valence-electron chi connectivity index (χ1n) is 5.52. The Morgan fingerprint density at radius 3 is 1.82 bits per heavy atom. The van der Waals surface area contributed by atoms with E-state index in [0.717, 1.165) is 4.90 Å². The number of nitrogens with zero attached hydrogens (tertiary/aromatic N) is 1. The summed E-state index contributed by atoms with van der Waals surface area (Å²) in [4.78, 5) is 48.5. The lowest BCUT2D eigenvalue weighted by atomic mass is 9.62. The fourth-order valence-electron chi connectivity index (χ4n) is 2.70. The molecule has 2 heterocycles. The summed E-state index contributed by atoms with van der Waals surface area (Å²) in [6.07, 6.45) is 0. The summed E-state index contributed by atoms with van der Waals surface area (Å²) in [5.41, 5.74) is -0.945. The standard InChI is InChI=1S/C11H14N2O4/c1-4-13-9(16)5-7(14)12-8(15)6(10(13)17)11(5,2)3/h5-6H,4H2,1-3H3,(H,12,14,15). The maximum absolute atomic E-state index is 12.0. The van der Waals surface area contributed by atoms with Crippen LogP contribution in [0.2, 0.25) is 0 Å². The molecule has 6 nitrogen and oxygen atoms in total. The van der Waals surface area contributed by atoms with Crippen molar-refractivity contribution in [3.63, 3.8) is 0 Å². The van der Waals surface area contributed by atoms with Gasteiger partial charge in [-0.15, -0.1) is 0 Å². The quantitative estimate of drug-likeness (QED) is 0.483. The lowest BCUT2D eigenvalue weighted by Crippen LogP contribution is -2.69. The van der Waals surface area contributed by atoms with E-state index in [4.69, 9.17) is 0 Å². The van der Waals surface area contributed by atoms with Crippen molar-refractivity contribution in [3.8, 4) is 0 Å². The minimum Gasteiger partial charge on any atom is -0.295 e. The number of hydrogen-bond donors (Lipinski definition) is 1. The highest BCUT2D eigenvalue weighted by Gasteiger charge is 2.61. The summed E-state index contributed by atoms with van der Waals surface area (Å²) in [6.45, 7) is 5.05. The van der Waals surface area contributed by atoms with E-state index in [1.165, 1.54) is 0 Å². The fourth-order valence-corrected chi connectivity index (χ4v) is 2.70. The number of carbonyl (C=O) groups is 4. The third-order valence-corrected chi connectivity index (χ3v) is 3.60. The number of piperidine rings is 2. The smallest absolute Gasteiger partial charge is 0.242 e. The zero-order valence-electron chi connectivity index (χ0n) is 9.94. The Kier molecular flexibility index (Phi) is 2.34. The lowest BCUT2D eigenvalue weighted by molar-refractivity contribution is -0.174. The van der Waals surface area contributed by atoms with Gasteiger partial charge in [-0.25, -0.2) is 0 Å². The van der Waals surface area contributed by atoms with Crippen molar-refractivity contribution in [2.45, 2.75) is 20.8 Å². The van der Waals surface area contributed by atoms with Gasteiger partial charge in [0.1, 0.15) is 11.8 Å². The molecule has 2 rings (SSSR count). The van der Waals surface area contributed by atoms with Crippen molar-refractivity contribution in [2.75, 3.05) is 6.54 Å². The number of nitrogens with one attached hydrogen (secondary N) is 1. The number of fused-ring (bicyclic) bond motifs is 2. The minimum absolute atomic E-state index is 0.182. The van der Waals surface area contributed by atoms with Gasteiger partial charge in [0.05, 0.1) is 0 Å². The maximum atomic E-state index is 12.0. The Labute approximate surface area is 98.3 Å². The van der Waals surface area contributed by atoms with Crippen LogP contribution in [0, 0.1) is 17.3 Å². The Balaban J connectivity index is 2.57. The lowest BCUT2D eigenvalue weighted by Gasteiger charge is -2.47. The molecule has 2 aliphatic rings. The van der Waals surface area contributed by atoms with Gasteiger partial charge in [0.2, 0.25) is 23.6 Å². The molecule has 1 N–H and O–H groups in total. The monoisotopic (exact) mass is 238 g/mol. The van der Waals surface area contributed by atoms with Gasteiger partial charge < -0.3 is 0 Å². The van der Waals surface area contributed by atoms with Crippen LogP contribution >= 0.6 is 0 Å². The molecule has 2 unspecified atom stereocenters. The first kappa shape index (κ1) is 11.8. The maximum Gasteiger partial charge on any atom is 0.242 e. The molecule has 0 aliphatic carbocycles. The van der Waals surface area contributed by atoms with Gasteiger partial charge in [0.25, 0.3) is 0 Å². The number of hydrogen-bond acceptors (Lipinski definition) is 4. The van der Waals surface area contributed by atoms with Gasteiger partial charge in [-0.1, -0.05) is 13.8 Å². The van der Waals surface area contributed by atoms with E-state index in [1.807, 2.05) is 0 Å². The first-order chi connectivity index (χ1) is 7.82. The summed E-state index contributed by atoms with van der Waals surface area (Å²) in [6, 6.07) is 0. The second kappa shape index (κ2) is 3.38. The number of amides is 4. The third-order valence-electron chi connectivity index (χ3n) is 3.60. The molecule has 17 heavy (non-hydrogen) atoms. The van der Waals surface area contributed by atoms with Crippen molar-refractivity contribution >= 4 is 23.6 Å². The van der Waals surface area contributed by atoms with Crippen LogP contribution in [0.3, 0.4) is 0 Å². The van der Waals surface area contributed by atoms with E-state index in [1.54, 1.807) is 20.8 Å². The predicted molar refractivity (Wildman–Crippen MR) is 56.3 cm³/mol. The molecule has 0 radical (unpaired) electrons. The molecule has 4 amide bonds. The average molecular weight is 238 g/mol. The summed E-state index contributed by atoms with van der Waals surface area (Å²) in [5.74, 6) is -4.14. The van der Waals surface area contributed by atoms with Gasteiger partial charge in [0, 0.05) is 12.0 Å². The molecule has 0 spiro atoms. The molecule has 0 saturated carbocycles. The molecule has 2 fully saturated rings. The highest BCUT2D eigenvalue weighted by molar-refractivity contribution is 6.22. The molecule has 6 heteroatoms. The van der Waals surface area contributed by atoms with E-state index in [-0.39, 0.29) is 6.54 Å². The normalized spacial score (nSPS) is 31.6. The van der Waals surface area contributed by atoms with Crippen LogP contribution < -0.4 is 5.32 Å². The van der Waals surface area contributed by atoms with Gasteiger partial charge >= 0.3 is 0 Å². The van der Waals surface area contributed by atoms with Crippen LogP contribution in [-0.4, -0.2) is 35.1 Å². The van der Waals surface area contributed by atoms with Crippen LogP contribution in [0.4, 0.5) is 0 Å². The van der Waals surface area contributed by atoms with Crippen LogP contribution in [-0.2, 0) is 19.2 Å². The summed E-state index contributed by atoms with van der Waals surface area (Å²) in [5, 5.41) is 2.10. The van der Waals surface area contributed by atoms with E-state index in [0.29, 0.717) is 0 Å². The molecule has 0 aromatic heterocycles. The van der Waals surface area contributed by atoms with E-state index < -0.39 is 40.9 Å². The predicted octanol–water partition coefficient (Wildman–Crippen LogP) is -0.710. The van der Waals surface area contributed by atoms with E-state index in [2.05, 4.69) is 5.32 Å². The van der Waals surface area contributed by atoms with Crippen molar-refractivity contribution in [1.29, 1.82) is 0 Å². The topological polar surface area (TPSA) is 83.6 Å². The largest absolute Gasteiger partial charge is 0.295 e. The minimum atomic E-state index is -0.956. The second-order valence-electron chi connectivity index (χ2n) is 4.96. The van der Waals surface area contributed by atoms with Crippen LogP contribution in [0.5, 0.6) is 0 Å². The van der Waals surface area contributed by atoms with Crippen molar-refractivity contribution in [1.82, 2.24) is 10.2 Å². The van der Waals surface area contributed by atoms with Gasteiger partial charge in [-0.05, 0) is 6.92 Å². The number of likely N-dealkylation sites (tertiary alicyclic amines) is 1. The third kappa shape index (κ3) is 1.33. The zero-order valence-corrected chi connectivity index (χ0v) is 9.94. The molecule has 0 aromatic carbocycles. The van der Waals surface area contributed by atoms with Crippen molar-refractivity contribution in [3.05, 3.63) is 0 Å². The van der Waals surface area contributed by atoms with E-state index >= 15 is 0 Å². The molecule has 2 atom stereocenters. The average Bonchev–Trinajstić information content (AvgIpc) is 2.14. The zero-order chi connectivity index (χ0) is 13.0. The highest BCUT2D eigenvalue weighted by Crippen LogP contribution is 2.44. The SMILES string of the molecule is CCN1C(=O)C2C(=O)NC(=O)C(C1=O)C2(C)C. The Morgan fingerprint density at radius 1 is 1.06 bits per heavy atom. The fraction of sp³-hybridized carbons (Fsp3) is 0.636. The van der Waals surface area contributed by atoms with Gasteiger partial charge in [0.15, 0.2) is 0 Å². The number of imide groups is 2. The molecular weight excluding hydrogens is 224 g/mol. The first-order valence-corrected chi connectivity index (χ1v) is 5.52. The molecular formula is C11H14N2O4. The van der Waals surface area contributed by atoms with Crippen molar-refractivity contribution < 1.29 is 19.2 Å². The van der Waals surface area contributed by atoms with Crippen LogP contribution in [0.15, 0.2) is 0 Å². The Hall–Kier alpha value is -1.72. The second-order valence-corrected chi connectivity index (χ2v) is 4.96. The van der Waals surface area contributed by atoms with E-state index in [9.17, 15) is 19.2 Å². The number of carbonyl (C=O) groups excluding carboxylic acids is 4. The Bertz CT molecular complexity index is 405. The highest BCUT2D eigenvalue weighted by atomic mass is 16.2. The van der Waals surface area contributed by atoms with Gasteiger partial charge in [-0.2, -0.15) is 0 Å². The molecule has 0 aromatic rings. The molecule has 2 aliphatic heterocycles. The molecule has 2 saturated heterocycles. The number of rotatable bonds is 1. The summed E-state index contributed by atoms with van der Waals surface area (Å²) in [7, 11) is 0. The van der Waals surface area contributed by atoms with Crippen LogP contribution in [0.1, 0.15) is 20.8 Å². The van der Waals surface area contributed by atoms with Crippen LogP contribution in [0.25, 0.3) is 0 Å². The van der Waals surface area contributed by atoms with Gasteiger partial charge in [-0.3, -0.25) is 29.4 Å². The Morgan fingerprint density at radius 2 is 1.47 bits per heavy atom. The molecule has 92 valence electrons. The summed E-state index contributed by atoms with van der Waals surface area (Å²) < 4.78 is 0.